The minimum absolute atomic E-state index is 0.00296. The van der Waals surface area contributed by atoms with Crippen LogP contribution in [0, 0.1) is 6.92 Å². The van der Waals surface area contributed by atoms with Gasteiger partial charge in [-0.05, 0) is 54.2 Å². The molecule has 0 bridgehead atoms. The minimum atomic E-state index is -0.223. The van der Waals surface area contributed by atoms with Gasteiger partial charge >= 0.3 is 0 Å². The van der Waals surface area contributed by atoms with Crippen molar-refractivity contribution in [3.05, 3.63) is 20.3 Å². The fourth-order valence-electron chi connectivity index (χ4n) is 1.94. The van der Waals surface area contributed by atoms with Gasteiger partial charge in [0.05, 0.1) is 20.8 Å². The molecule has 1 N–H and O–H groups in total. The predicted molar refractivity (Wildman–Crippen MR) is 72.7 cm³/mol. The Labute approximate surface area is 114 Å². The summed E-state index contributed by atoms with van der Waals surface area (Å²) >= 11 is 4.91. The molecule has 94 valence electrons. The summed E-state index contributed by atoms with van der Waals surface area (Å²) in [5.41, 5.74) is 0.880. The van der Waals surface area contributed by atoms with Crippen molar-refractivity contribution in [2.75, 3.05) is 13.2 Å². The van der Waals surface area contributed by atoms with Crippen molar-refractivity contribution in [3.8, 4) is 0 Å². The summed E-state index contributed by atoms with van der Waals surface area (Å²) < 4.78 is 6.45. The van der Waals surface area contributed by atoms with Crippen LogP contribution in [0.4, 0.5) is 0 Å². The van der Waals surface area contributed by atoms with E-state index in [-0.39, 0.29) is 11.4 Å². The number of carbonyl (C=O) groups excluding carboxylic acids is 1. The van der Waals surface area contributed by atoms with Crippen LogP contribution in [-0.4, -0.2) is 24.7 Å². The number of carbonyl (C=O) groups is 1. The molecule has 1 aromatic heterocycles. The Hall–Kier alpha value is -0.390. The highest BCUT2D eigenvalue weighted by molar-refractivity contribution is 9.11. The van der Waals surface area contributed by atoms with E-state index >= 15 is 0 Å². The van der Waals surface area contributed by atoms with E-state index in [9.17, 15) is 4.79 Å². The number of halogens is 1. The monoisotopic (exact) mass is 317 g/mol. The van der Waals surface area contributed by atoms with Crippen LogP contribution in [0.3, 0.4) is 0 Å². The van der Waals surface area contributed by atoms with Gasteiger partial charge in [-0.1, -0.05) is 0 Å². The average Bonchev–Trinajstić information content (AvgIpc) is 2.60. The molecule has 0 spiro atoms. The first-order valence-electron chi connectivity index (χ1n) is 5.66. The van der Waals surface area contributed by atoms with Crippen LogP contribution in [0.15, 0.2) is 9.85 Å². The Morgan fingerprint density at radius 1 is 1.65 bits per heavy atom. The maximum absolute atomic E-state index is 12.1. The molecule has 1 aliphatic rings. The van der Waals surface area contributed by atoms with Crippen molar-refractivity contribution < 1.29 is 9.53 Å². The first kappa shape index (κ1) is 13.1. The van der Waals surface area contributed by atoms with E-state index in [4.69, 9.17) is 4.74 Å². The molecular weight excluding hydrogens is 302 g/mol. The molecule has 2 heterocycles. The summed E-state index contributed by atoms with van der Waals surface area (Å²) in [5.74, 6) is -0.00296. The lowest BCUT2D eigenvalue weighted by Crippen LogP contribution is -2.51. The summed E-state index contributed by atoms with van der Waals surface area (Å²) in [7, 11) is 0. The highest BCUT2D eigenvalue weighted by atomic mass is 79.9. The number of hydrogen-bond donors (Lipinski definition) is 1. The van der Waals surface area contributed by atoms with Gasteiger partial charge in [-0.3, -0.25) is 4.79 Å². The number of hydrogen-bond acceptors (Lipinski definition) is 3. The number of ether oxygens (including phenoxy) is 1. The Morgan fingerprint density at radius 2 is 2.41 bits per heavy atom. The number of aryl methyl sites for hydroxylation is 1. The molecule has 3 nitrogen and oxygen atoms in total. The second kappa shape index (κ2) is 5.08. The molecule has 1 aliphatic heterocycles. The second-order valence-electron chi connectivity index (χ2n) is 4.74. The van der Waals surface area contributed by atoms with Crippen molar-refractivity contribution in [1.29, 1.82) is 0 Å². The molecule has 1 saturated heterocycles. The van der Waals surface area contributed by atoms with Gasteiger partial charge in [-0.15, -0.1) is 11.3 Å². The normalized spacial score (nSPS) is 24.6. The highest BCUT2D eigenvalue weighted by Crippen LogP contribution is 2.28. The van der Waals surface area contributed by atoms with Crippen molar-refractivity contribution >= 4 is 33.2 Å². The van der Waals surface area contributed by atoms with Crippen LogP contribution in [0.1, 0.15) is 35.0 Å². The van der Waals surface area contributed by atoms with Crippen LogP contribution in [0.5, 0.6) is 0 Å². The van der Waals surface area contributed by atoms with Crippen LogP contribution < -0.4 is 5.32 Å². The lowest BCUT2D eigenvalue weighted by Gasteiger charge is -2.34. The first-order valence-corrected chi connectivity index (χ1v) is 7.27. The molecule has 1 fully saturated rings. The molecule has 0 aromatic carbocycles. The second-order valence-corrected chi connectivity index (χ2v) is 7.11. The van der Waals surface area contributed by atoms with E-state index < -0.39 is 0 Å². The largest absolute Gasteiger partial charge is 0.379 e. The maximum atomic E-state index is 12.1. The van der Waals surface area contributed by atoms with Crippen LogP contribution in [0.25, 0.3) is 0 Å². The van der Waals surface area contributed by atoms with E-state index in [0.29, 0.717) is 6.61 Å². The molecule has 2 rings (SSSR count). The Balaban J connectivity index is 2.05. The van der Waals surface area contributed by atoms with Gasteiger partial charge in [0.1, 0.15) is 0 Å². The third kappa shape index (κ3) is 3.09. The van der Waals surface area contributed by atoms with Gasteiger partial charge in [-0.25, -0.2) is 0 Å². The summed E-state index contributed by atoms with van der Waals surface area (Å²) in [6, 6.07) is 1.91. The molecule has 1 atom stereocenters. The van der Waals surface area contributed by atoms with Crippen molar-refractivity contribution in [2.45, 2.75) is 32.2 Å². The van der Waals surface area contributed by atoms with E-state index in [1.807, 2.05) is 19.9 Å². The Bertz CT molecular complexity index is 405. The quantitative estimate of drug-likeness (QED) is 0.910. The summed E-state index contributed by atoms with van der Waals surface area (Å²) in [6.07, 6.45) is 1.98. The zero-order chi connectivity index (χ0) is 12.5. The molecule has 0 radical (unpaired) electrons. The number of amides is 1. The first-order chi connectivity index (χ1) is 8.00. The number of nitrogens with one attached hydrogen (secondary N) is 1. The van der Waals surface area contributed by atoms with Crippen molar-refractivity contribution in [2.24, 2.45) is 0 Å². The van der Waals surface area contributed by atoms with Gasteiger partial charge in [0.25, 0.3) is 5.91 Å². The van der Waals surface area contributed by atoms with Crippen molar-refractivity contribution in [1.82, 2.24) is 5.32 Å². The molecule has 17 heavy (non-hydrogen) atoms. The SMILES string of the molecule is Cc1cc(C(=O)NC2(C)CCCOC2)sc1Br. The van der Waals surface area contributed by atoms with Crippen molar-refractivity contribution in [3.63, 3.8) is 0 Å². The van der Waals surface area contributed by atoms with E-state index in [2.05, 4.69) is 21.2 Å². The molecule has 1 unspecified atom stereocenters. The Morgan fingerprint density at radius 3 is 2.94 bits per heavy atom. The Kier molecular flexibility index (Phi) is 3.90. The van der Waals surface area contributed by atoms with E-state index in [1.165, 1.54) is 11.3 Å². The van der Waals surface area contributed by atoms with Gasteiger partial charge in [-0.2, -0.15) is 0 Å². The lowest BCUT2D eigenvalue weighted by atomic mass is 9.95. The van der Waals surface area contributed by atoms with E-state index in [1.54, 1.807) is 0 Å². The minimum Gasteiger partial charge on any atom is -0.379 e. The fourth-order valence-corrected chi connectivity index (χ4v) is 3.37. The predicted octanol–water partition coefficient (Wildman–Crippen LogP) is 3.12. The van der Waals surface area contributed by atoms with E-state index in [0.717, 1.165) is 33.7 Å². The van der Waals surface area contributed by atoms with Crippen LogP contribution >= 0.6 is 27.3 Å². The molecule has 1 amide bonds. The highest BCUT2D eigenvalue weighted by Gasteiger charge is 2.30. The average molecular weight is 318 g/mol. The smallest absolute Gasteiger partial charge is 0.261 e. The molecular formula is C12H16BrNO2S. The summed E-state index contributed by atoms with van der Waals surface area (Å²) in [6.45, 7) is 5.43. The summed E-state index contributed by atoms with van der Waals surface area (Å²) in [5, 5.41) is 3.08. The fraction of sp³-hybridized carbons (Fsp3) is 0.583. The lowest BCUT2D eigenvalue weighted by molar-refractivity contribution is 0.0274. The van der Waals surface area contributed by atoms with Crippen LogP contribution in [-0.2, 0) is 4.74 Å². The third-order valence-electron chi connectivity index (χ3n) is 2.93. The van der Waals surface area contributed by atoms with Gasteiger partial charge in [0, 0.05) is 6.61 Å². The molecule has 5 heteroatoms. The number of thiophene rings is 1. The van der Waals surface area contributed by atoms with Gasteiger partial charge in [0.2, 0.25) is 0 Å². The standard InChI is InChI=1S/C12H16BrNO2S/c1-8-6-9(17-10(8)13)11(15)14-12(2)4-3-5-16-7-12/h6H,3-5,7H2,1-2H3,(H,14,15). The summed E-state index contributed by atoms with van der Waals surface area (Å²) in [4.78, 5) is 12.9. The van der Waals surface area contributed by atoms with Gasteiger partial charge in [0.15, 0.2) is 0 Å². The third-order valence-corrected chi connectivity index (χ3v) is 5.07. The van der Waals surface area contributed by atoms with Gasteiger partial charge < -0.3 is 10.1 Å². The molecule has 0 saturated carbocycles. The maximum Gasteiger partial charge on any atom is 0.261 e. The molecule has 1 aromatic rings. The zero-order valence-corrected chi connectivity index (χ0v) is 12.4. The molecule has 0 aliphatic carbocycles. The van der Waals surface area contributed by atoms with Crippen LogP contribution in [0.2, 0.25) is 0 Å². The topological polar surface area (TPSA) is 38.3 Å². The number of rotatable bonds is 2. The zero-order valence-electron chi connectivity index (χ0n) is 10.0.